The first-order chi connectivity index (χ1) is 51.1. The molecule has 5 aromatic heterocycles. The number of aromatic nitrogens is 5. The van der Waals surface area contributed by atoms with Gasteiger partial charge in [-0.25, -0.2) is 22.8 Å². The minimum absolute atomic E-state index is 0.0551. The Balaban J connectivity index is 0.000000218. The maximum Gasteiger partial charge on any atom is 0.216 e. The van der Waals surface area contributed by atoms with Gasteiger partial charge in [0.05, 0.1) is 0 Å². The Morgan fingerprint density at radius 2 is 0.722 bits per heavy atom. The lowest BCUT2D eigenvalue weighted by atomic mass is 9.87. The van der Waals surface area contributed by atoms with Crippen molar-refractivity contribution in [1.82, 2.24) is 0 Å². The monoisotopic (exact) mass is 1310 g/mol. The first-order valence-corrected chi connectivity index (χ1v) is 34.5. The summed E-state index contributed by atoms with van der Waals surface area (Å²) in [5.74, 6) is -4.93. The van der Waals surface area contributed by atoms with E-state index in [4.69, 9.17) is 19.2 Å². The first kappa shape index (κ1) is 59.0. The molecule has 5 heteroatoms. The molecule has 3 unspecified atom stereocenters. The van der Waals surface area contributed by atoms with Gasteiger partial charge >= 0.3 is 0 Å². The molecule has 512 valence electrons. The Labute approximate surface area is 609 Å². The van der Waals surface area contributed by atoms with Gasteiger partial charge < -0.3 is 0 Å². The molecule has 97 heavy (non-hydrogen) atoms. The maximum atomic E-state index is 8.66. The molecule has 5 aromatic carbocycles. The van der Waals surface area contributed by atoms with E-state index in [1.165, 1.54) is 99.4 Å². The van der Waals surface area contributed by atoms with E-state index < -0.39 is 44.6 Å². The van der Waals surface area contributed by atoms with Crippen LogP contribution in [0.5, 0.6) is 0 Å². The van der Waals surface area contributed by atoms with Crippen LogP contribution in [0.25, 0.3) is 56.3 Å². The second kappa shape index (κ2) is 35.4. The molecule has 0 N–H and O–H groups in total. The van der Waals surface area contributed by atoms with Crippen molar-refractivity contribution < 1.29 is 42.0 Å². The minimum atomic E-state index is -2.64. The number of benzene rings is 5. The molecule has 0 aliphatic rings. The molecule has 0 saturated heterocycles. The predicted molar refractivity (Wildman–Crippen MR) is 415 cm³/mol. The normalized spacial score (nSPS) is 15.7. The largest absolute Gasteiger partial charge is 0.216 e. The van der Waals surface area contributed by atoms with Crippen LogP contribution in [0.15, 0.2) is 183 Å². The average molecular weight is 1310 g/mol. The van der Waals surface area contributed by atoms with Crippen molar-refractivity contribution in [3.8, 4) is 56.3 Å². The van der Waals surface area contributed by atoms with Gasteiger partial charge in [-0.1, -0.05) is 188 Å². The van der Waals surface area contributed by atoms with Crippen LogP contribution in [0.3, 0.4) is 0 Å². The third kappa shape index (κ3) is 21.4. The van der Waals surface area contributed by atoms with Crippen molar-refractivity contribution in [2.75, 3.05) is 0 Å². The Morgan fingerprint density at radius 1 is 0.371 bits per heavy atom. The van der Waals surface area contributed by atoms with Gasteiger partial charge in [-0.15, -0.1) is 0 Å². The van der Waals surface area contributed by atoms with Crippen molar-refractivity contribution in [3.63, 3.8) is 0 Å². The molecule has 5 nitrogen and oxygen atoms in total. The smallest absolute Gasteiger partial charge is 0.201 e. The molecule has 0 radical (unpaired) electrons. The molecule has 3 atom stereocenters. The fraction of sp³-hybridized carbons (Fsp3) is 0.402. The lowest BCUT2D eigenvalue weighted by Crippen LogP contribution is -2.33. The molecule has 0 bridgehead atoms. The fourth-order valence-corrected chi connectivity index (χ4v) is 12.5. The highest BCUT2D eigenvalue weighted by Gasteiger charge is 2.25. The number of rotatable bonds is 14. The fourth-order valence-electron chi connectivity index (χ4n) is 12.5. The third-order valence-corrected chi connectivity index (χ3v) is 17.8. The maximum absolute atomic E-state index is 8.66. The van der Waals surface area contributed by atoms with Gasteiger partial charge in [0.2, 0.25) is 28.5 Å². The van der Waals surface area contributed by atoms with Gasteiger partial charge in [0, 0.05) is 105 Å². The molecular formula is C92H124N5+5. The lowest BCUT2D eigenvalue weighted by Gasteiger charge is -2.19. The van der Waals surface area contributed by atoms with E-state index in [1.54, 1.807) is 24.0 Å². The summed E-state index contributed by atoms with van der Waals surface area (Å²) in [5.41, 5.74) is 26.5. The Bertz CT molecular complexity index is 4880. The number of pyridine rings is 5. The van der Waals surface area contributed by atoms with Crippen LogP contribution in [0.2, 0.25) is 0 Å². The van der Waals surface area contributed by atoms with Crippen LogP contribution in [0, 0.1) is 72.6 Å². The molecule has 0 aliphatic carbocycles. The van der Waals surface area contributed by atoms with E-state index in [2.05, 4.69) is 203 Å². The zero-order valence-electron chi connectivity index (χ0n) is 77.3. The van der Waals surface area contributed by atoms with E-state index in [1.807, 2.05) is 119 Å². The molecule has 10 rings (SSSR count). The highest BCUT2D eigenvalue weighted by atomic mass is 14.9. The predicted octanol–water partition coefficient (Wildman–Crippen LogP) is 21.3. The molecule has 0 fully saturated rings. The van der Waals surface area contributed by atoms with E-state index in [9.17, 15) is 0 Å². The zero-order valence-corrected chi connectivity index (χ0v) is 63.3. The van der Waals surface area contributed by atoms with Crippen molar-refractivity contribution in [3.05, 3.63) is 266 Å². The van der Waals surface area contributed by atoms with E-state index in [0.717, 1.165) is 57.6 Å². The first-order valence-electron chi connectivity index (χ1n) is 41.5. The average Bonchev–Trinajstić information content (AvgIpc) is 0.740. The quantitative estimate of drug-likeness (QED) is 0.0967. The molecule has 0 spiro atoms. The summed E-state index contributed by atoms with van der Waals surface area (Å²) in [6, 6.07) is 51.2. The Morgan fingerprint density at radius 3 is 1.10 bits per heavy atom. The number of hydrogen-bond donors (Lipinski definition) is 0. The summed E-state index contributed by atoms with van der Waals surface area (Å²) in [6.45, 7) is 30.6. The van der Waals surface area contributed by atoms with Crippen molar-refractivity contribution >= 4 is 0 Å². The molecule has 0 aliphatic heterocycles. The minimum Gasteiger partial charge on any atom is -0.201 e. The third-order valence-electron chi connectivity index (χ3n) is 17.8. The highest BCUT2D eigenvalue weighted by molar-refractivity contribution is 5.67. The van der Waals surface area contributed by atoms with Crippen molar-refractivity contribution in [2.24, 2.45) is 52.5 Å². The van der Waals surface area contributed by atoms with Gasteiger partial charge in [-0.05, 0) is 202 Å². The van der Waals surface area contributed by atoms with Gasteiger partial charge in [-0.2, -0.15) is 0 Å². The topological polar surface area (TPSA) is 19.4 Å². The van der Waals surface area contributed by atoms with Crippen LogP contribution in [0.4, 0.5) is 0 Å². The molecule has 0 amide bonds. The summed E-state index contributed by atoms with van der Waals surface area (Å²) in [6.07, 6.45) is 11.5. The van der Waals surface area contributed by atoms with Crippen LogP contribution in [0.1, 0.15) is 217 Å². The summed E-state index contributed by atoms with van der Waals surface area (Å²) >= 11 is 0. The van der Waals surface area contributed by atoms with Gasteiger partial charge in [0.25, 0.3) is 0 Å². The second-order valence-corrected chi connectivity index (χ2v) is 28.6. The van der Waals surface area contributed by atoms with Crippen molar-refractivity contribution in [1.29, 1.82) is 0 Å². The van der Waals surface area contributed by atoms with Gasteiger partial charge in [0.1, 0.15) is 35.2 Å². The van der Waals surface area contributed by atoms with Gasteiger partial charge in [0.15, 0.2) is 31.0 Å². The highest BCUT2D eigenvalue weighted by Crippen LogP contribution is 2.33. The summed E-state index contributed by atoms with van der Waals surface area (Å²) in [5, 5.41) is 0. The van der Waals surface area contributed by atoms with E-state index in [0.29, 0.717) is 29.0 Å². The van der Waals surface area contributed by atoms with Crippen LogP contribution in [-0.4, -0.2) is 0 Å². The standard InChI is InChI=1S/2C19H26N.3C18H24N/c1-14-9-7-8-10-17(14)18-11-15(2)16(13-20(18)6)12-19(3,4)5;1-13(2)16-11-18(14(3)4)19(20(6)12-16)17-10-8-7-9-15(17)5;2*1-13(2)10-16-12-19(5)18(11-15(16)4)17-9-7-6-8-14(17)3;1-6-15-11-18(16-10-8-7-9-14(16)4)19(5)12-17(15)13(2)3/h7-11,13H,12H2,1-6H3;7-14H,1-6H3;2*6-9,11-13H,10H2,1-5H3;7-13H,6H2,1-5H3/q5*+1/i;1D3,3D3,13D,14D;10D2;;2D3,13D. The Kier molecular flexibility index (Phi) is 21.5. The second-order valence-electron chi connectivity index (χ2n) is 28.6. The number of aryl methyl sites for hydroxylation is 14. The number of nitrogens with zero attached hydrogens (tertiary/aromatic N) is 5. The number of hydrogen-bond acceptors (Lipinski definition) is 0. The summed E-state index contributed by atoms with van der Waals surface area (Å²) in [7, 11) is 9.86. The lowest BCUT2D eigenvalue weighted by molar-refractivity contribution is -0.661. The van der Waals surface area contributed by atoms with Crippen LogP contribution in [-0.2, 0) is 60.9 Å². The molecule has 10 aromatic rings. The van der Waals surface area contributed by atoms with E-state index >= 15 is 0 Å². The SMILES string of the molecule is Cc1cc(-c2ccccc2C)[n+](C)cc1CC(C)(C)C.Cc1cc(-c2ccccc2C)[n+](C)cc1CC(C)C.[2H]C([2H])([2H])C([2H])(C)c1c[n+](C)c(-c2ccccc2C)cc1CC.[2H]C([2H])([2H])C([2H])(C)c1cc(C([2H])(C)C([2H])([2H])[2H])c(-c2ccccc2C)[n+](C)c1.[2H]C([2H])(c1c[n+](C)c(-c2ccccc2C)cc1C)C(C)C. The van der Waals surface area contributed by atoms with Crippen molar-refractivity contribution in [2.45, 2.75) is 195 Å². The zero-order chi connectivity index (χ0) is 83.8. The molecular weight excluding hydrogens is 1180 g/mol. The summed E-state index contributed by atoms with van der Waals surface area (Å²) in [4.78, 5) is 0. The Hall–Kier alpha value is -8.15. The molecule has 0 saturated carbocycles. The van der Waals surface area contributed by atoms with Gasteiger partial charge in [-0.3, -0.25) is 0 Å². The summed E-state index contributed by atoms with van der Waals surface area (Å²) < 4.78 is 122. The molecule has 5 heterocycles. The van der Waals surface area contributed by atoms with E-state index in [-0.39, 0.29) is 17.0 Å². The van der Waals surface area contributed by atoms with Crippen LogP contribution >= 0.6 is 0 Å². The van der Waals surface area contributed by atoms with Crippen LogP contribution < -0.4 is 22.8 Å².